The van der Waals surface area contributed by atoms with Crippen LogP contribution in [0.4, 0.5) is 0 Å². The lowest BCUT2D eigenvalue weighted by atomic mass is 9.86. The lowest BCUT2D eigenvalue weighted by Crippen LogP contribution is -2.11. The van der Waals surface area contributed by atoms with E-state index in [1.54, 1.807) is 6.07 Å². The first-order valence-corrected chi connectivity index (χ1v) is 8.99. The quantitative estimate of drug-likeness (QED) is 0.403. The second-order valence-electron chi connectivity index (χ2n) is 7.13. The number of ether oxygens (including phenoxy) is 1. The van der Waals surface area contributed by atoms with Gasteiger partial charge >= 0.3 is 5.97 Å². The standard InChI is InChI=1S/C21H24ClNO4/c1-14(15-5-7-16(8-6-15)21(2,3)4)23-27-12-11-26-17-9-10-18(20(24)25)19(22)13-17/h5-10,13H,11-12H2,1-4H3,(H,24,25). The molecule has 0 unspecified atom stereocenters. The fourth-order valence-corrected chi connectivity index (χ4v) is 2.61. The van der Waals surface area contributed by atoms with E-state index >= 15 is 0 Å². The van der Waals surface area contributed by atoms with E-state index in [1.165, 1.54) is 17.7 Å². The average molecular weight is 390 g/mol. The molecule has 0 aliphatic rings. The lowest BCUT2D eigenvalue weighted by molar-refractivity contribution is 0.0697. The van der Waals surface area contributed by atoms with Crippen LogP contribution in [0.25, 0.3) is 0 Å². The molecule has 0 spiro atoms. The molecule has 0 aliphatic carbocycles. The van der Waals surface area contributed by atoms with Crippen LogP contribution in [0.1, 0.15) is 49.2 Å². The van der Waals surface area contributed by atoms with E-state index in [0.29, 0.717) is 5.75 Å². The van der Waals surface area contributed by atoms with Crippen molar-refractivity contribution in [3.8, 4) is 5.75 Å². The van der Waals surface area contributed by atoms with Crippen molar-refractivity contribution >= 4 is 23.3 Å². The summed E-state index contributed by atoms with van der Waals surface area (Å²) >= 11 is 5.90. The minimum Gasteiger partial charge on any atom is -0.490 e. The molecule has 0 fully saturated rings. The number of halogens is 1. The summed E-state index contributed by atoms with van der Waals surface area (Å²) in [5.74, 6) is -0.595. The Kier molecular flexibility index (Phi) is 6.86. The average Bonchev–Trinajstić information content (AvgIpc) is 2.60. The van der Waals surface area contributed by atoms with E-state index in [-0.39, 0.29) is 29.2 Å². The van der Waals surface area contributed by atoms with Gasteiger partial charge in [-0.05, 0) is 41.7 Å². The highest BCUT2D eigenvalue weighted by Crippen LogP contribution is 2.23. The number of rotatable bonds is 7. The number of aromatic carboxylic acids is 1. The molecule has 27 heavy (non-hydrogen) atoms. The Hall–Kier alpha value is -2.53. The number of benzene rings is 2. The number of nitrogens with zero attached hydrogens (tertiary/aromatic N) is 1. The molecule has 0 aromatic heterocycles. The summed E-state index contributed by atoms with van der Waals surface area (Å²) in [5, 5.41) is 13.2. The van der Waals surface area contributed by atoms with Gasteiger partial charge in [0.25, 0.3) is 0 Å². The largest absolute Gasteiger partial charge is 0.490 e. The zero-order chi connectivity index (χ0) is 20.0. The van der Waals surface area contributed by atoms with E-state index in [0.717, 1.165) is 11.3 Å². The first-order valence-electron chi connectivity index (χ1n) is 8.61. The predicted octanol–water partition coefficient (Wildman–Crippen LogP) is 5.16. The van der Waals surface area contributed by atoms with Gasteiger partial charge < -0.3 is 14.7 Å². The van der Waals surface area contributed by atoms with Gasteiger partial charge in [0.15, 0.2) is 6.61 Å². The van der Waals surface area contributed by atoms with Crippen molar-refractivity contribution in [3.05, 3.63) is 64.2 Å². The molecule has 144 valence electrons. The van der Waals surface area contributed by atoms with E-state index in [9.17, 15) is 4.79 Å². The fourth-order valence-electron chi connectivity index (χ4n) is 2.36. The second kappa shape index (κ2) is 8.91. The fraction of sp³-hybridized carbons (Fsp3) is 0.333. The van der Waals surface area contributed by atoms with E-state index in [4.69, 9.17) is 26.3 Å². The number of hydrogen-bond donors (Lipinski definition) is 1. The van der Waals surface area contributed by atoms with Crippen LogP contribution in [0.15, 0.2) is 47.6 Å². The van der Waals surface area contributed by atoms with Crippen molar-refractivity contribution in [3.63, 3.8) is 0 Å². The number of carboxylic acid groups (broad SMARTS) is 1. The van der Waals surface area contributed by atoms with Crippen molar-refractivity contribution < 1.29 is 19.5 Å². The molecule has 0 saturated heterocycles. The van der Waals surface area contributed by atoms with Crippen LogP contribution >= 0.6 is 11.6 Å². The van der Waals surface area contributed by atoms with Gasteiger partial charge in [0.2, 0.25) is 0 Å². The molecule has 0 atom stereocenters. The Labute approximate surface area is 164 Å². The van der Waals surface area contributed by atoms with Crippen molar-refractivity contribution in [2.75, 3.05) is 13.2 Å². The Morgan fingerprint density at radius 2 is 1.78 bits per heavy atom. The number of carboxylic acids is 1. The van der Waals surface area contributed by atoms with Gasteiger partial charge in [-0.25, -0.2) is 4.79 Å². The summed E-state index contributed by atoms with van der Waals surface area (Å²) < 4.78 is 5.49. The van der Waals surface area contributed by atoms with Crippen molar-refractivity contribution in [2.45, 2.75) is 33.1 Å². The Bertz CT molecular complexity index is 823. The molecule has 0 aliphatic heterocycles. The van der Waals surface area contributed by atoms with E-state index < -0.39 is 5.97 Å². The first-order chi connectivity index (χ1) is 12.7. The third-order valence-electron chi connectivity index (χ3n) is 3.98. The molecule has 2 aromatic rings. The maximum absolute atomic E-state index is 10.9. The molecule has 2 rings (SSSR count). The number of carbonyl (C=O) groups is 1. The van der Waals surface area contributed by atoms with Crippen molar-refractivity contribution in [2.24, 2.45) is 5.16 Å². The van der Waals surface area contributed by atoms with Gasteiger partial charge in [-0.2, -0.15) is 0 Å². The van der Waals surface area contributed by atoms with Crippen LogP contribution in [0.5, 0.6) is 5.75 Å². The molecule has 0 saturated carbocycles. The van der Waals surface area contributed by atoms with Crippen molar-refractivity contribution in [1.82, 2.24) is 0 Å². The molecule has 2 aromatic carbocycles. The molecule has 0 radical (unpaired) electrons. The monoisotopic (exact) mass is 389 g/mol. The summed E-state index contributed by atoms with van der Waals surface area (Å²) in [5.41, 5.74) is 3.20. The zero-order valence-electron chi connectivity index (χ0n) is 16.0. The number of oxime groups is 1. The van der Waals surface area contributed by atoms with Gasteiger partial charge in [0.1, 0.15) is 12.4 Å². The highest BCUT2D eigenvalue weighted by atomic mass is 35.5. The van der Waals surface area contributed by atoms with Gasteiger partial charge in [-0.15, -0.1) is 0 Å². The molecule has 5 nitrogen and oxygen atoms in total. The van der Waals surface area contributed by atoms with Crippen LogP contribution in [-0.2, 0) is 10.3 Å². The van der Waals surface area contributed by atoms with Gasteiger partial charge in [-0.3, -0.25) is 0 Å². The molecule has 6 heteroatoms. The van der Waals surface area contributed by atoms with Crippen LogP contribution in [0.2, 0.25) is 5.02 Å². The summed E-state index contributed by atoms with van der Waals surface area (Å²) in [6.07, 6.45) is 0. The molecule has 1 N–H and O–H groups in total. The van der Waals surface area contributed by atoms with E-state index in [2.05, 4.69) is 38.1 Å². The van der Waals surface area contributed by atoms with E-state index in [1.807, 2.05) is 19.1 Å². The maximum Gasteiger partial charge on any atom is 0.337 e. The van der Waals surface area contributed by atoms with Gasteiger partial charge in [0, 0.05) is 0 Å². The first kappa shape index (κ1) is 20.8. The highest BCUT2D eigenvalue weighted by molar-refractivity contribution is 6.33. The molecule has 0 bridgehead atoms. The molecular weight excluding hydrogens is 366 g/mol. The Balaban J connectivity index is 1.83. The summed E-state index contributed by atoms with van der Waals surface area (Å²) in [7, 11) is 0. The third kappa shape index (κ3) is 6.00. The van der Waals surface area contributed by atoms with Gasteiger partial charge in [0.05, 0.1) is 16.3 Å². The highest BCUT2D eigenvalue weighted by Gasteiger charge is 2.13. The van der Waals surface area contributed by atoms with Crippen LogP contribution in [-0.4, -0.2) is 30.0 Å². The lowest BCUT2D eigenvalue weighted by Gasteiger charge is -2.19. The Morgan fingerprint density at radius 3 is 2.33 bits per heavy atom. The number of hydrogen-bond acceptors (Lipinski definition) is 4. The Morgan fingerprint density at radius 1 is 1.11 bits per heavy atom. The summed E-state index contributed by atoms with van der Waals surface area (Å²) in [6.45, 7) is 8.94. The van der Waals surface area contributed by atoms with Crippen molar-refractivity contribution in [1.29, 1.82) is 0 Å². The molecule has 0 heterocycles. The molecule has 0 amide bonds. The topological polar surface area (TPSA) is 68.1 Å². The van der Waals surface area contributed by atoms with Gasteiger partial charge in [-0.1, -0.05) is 61.8 Å². The maximum atomic E-state index is 10.9. The SMILES string of the molecule is CC(=NOCCOc1ccc(C(=O)O)c(Cl)c1)c1ccc(C(C)(C)C)cc1. The minimum absolute atomic E-state index is 0.0398. The van der Waals surface area contributed by atoms with Crippen LogP contribution < -0.4 is 4.74 Å². The minimum atomic E-state index is -1.07. The summed E-state index contributed by atoms with van der Waals surface area (Å²) in [6, 6.07) is 12.7. The normalized spacial score (nSPS) is 12.0. The van der Waals surface area contributed by atoms with Crippen LogP contribution in [0, 0.1) is 0 Å². The smallest absolute Gasteiger partial charge is 0.337 e. The zero-order valence-corrected chi connectivity index (χ0v) is 16.7. The van der Waals surface area contributed by atoms with Crippen LogP contribution in [0.3, 0.4) is 0 Å². The molecular formula is C21H24ClNO4. The second-order valence-corrected chi connectivity index (χ2v) is 7.54. The third-order valence-corrected chi connectivity index (χ3v) is 4.30. The summed E-state index contributed by atoms with van der Waals surface area (Å²) in [4.78, 5) is 16.2. The predicted molar refractivity (Wildman–Crippen MR) is 107 cm³/mol.